The second-order valence-corrected chi connectivity index (χ2v) is 11.3. The van der Waals surface area contributed by atoms with E-state index in [-0.39, 0.29) is 41.4 Å². The summed E-state index contributed by atoms with van der Waals surface area (Å²) in [5, 5.41) is 21.0. The van der Waals surface area contributed by atoms with Gasteiger partial charge in [0.1, 0.15) is 6.10 Å². The van der Waals surface area contributed by atoms with Gasteiger partial charge < -0.3 is 24.7 Å². The molecule has 6 rings (SSSR count). The van der Waals surface area contributed by atoms with E-state index < -0.39 is 5.92 Å². The van der Waals surface area contributed by atoms with E-state index in [1.165, 1.54) is 6.39 Å². The minimum atomic E-state index is -0.568. The predicted molar refractivity (Wildman–Crippen MR) is 145 cm³/mol. The van der Waals surface area contributed by atoms with E-state index >= 15 is 0 Å². The Balaban J connectivity index is 1.11. The number of hydrogen-bond donors (Lipinski definition) is 3. The van der Waals surface area contributed by atoms with Crippen molar-refractivity contribution in [3.05, 3.63) is 41.9 Å². The molecule has 0 spiro atoms. The molecule has 2 saturated carbocycles. The Bertz CT molecular complexity index is 1410. The molecule has 3 heterocycles. The van der Waals surface area contributed by atoms with Gasteiger partial charge in [-0.05, 0) is 70.1 Å². The number of rotatable bonds is 8. The second-order valence-electron chi connectivity index (χ2n) is 11.3. The van der Waals surface area contributed by atoms with Crippen molar-refractivity contribution < 1.29 is 23.5 Å². The SMILES string of the molecule is CC(C(=O)Nc1cc([C@H]2CC[C@H](OC(=O)NC3(C)CC3)C2)[nH]n1)c1ccc(N2CCCC2=O)cc1-c1nnco1. The monoisotopic (exact) mass is 547 g/mol. The summed E-state index contributed by atoms with van der Waals surface area (Å²) in [5.74, 6) is 0.121. The largest absolute Gasteiger partial charge is 0.446 e. The molecule has 3 atom stereocenters. The third-order valence-electron chi connectivity index (χ3n) is 8.22. The number of nitrogens with one attached hydrogen (secondary N) is 3. The Morgan fingerprint density at radius 1 is 1.25 bits per heavy atom. The van der Waals surface area contributed by atoms with Gasteiger partial charge in [0.05, 0.1) is 5.92 Å². The number of alkyl carbamates (subject to hydrolysis) is 1. The maximum atomic E-state index is 13.3. The van der Waals surface area contributed by atoms with E-state index in [1.54, 1.807) is 11.8 Å². The lowest BCUT2D eigenvalue weighted by atomic mass is 9.94. The lowest BCUT2D eigenvalue weighted by Crippen LogP contribution is -2.36. The number of hydrogen-bond acceptors (Lipinski definition) is 8. The molecule has 12 heteroatoms. The average Bonchev–Trinajstić information content (AvgIpc) is 3.53. The van der Waals surface area contributed by atoms with Gasteiger partial charge in [0, 0.05) is 47.4 Å². The first-order chi connectivity index (χ1) is 19.3. The molecule has 3 N–H and O–H groups in total. The van der Waals surface area contributed by atoms with Crippen molar-refractivity contribution in [3.63, 3.8) is 0 Å². The van der Waals surface area contributed by atoms with Crippen molar-refractivity contribution in [1.29, 1.82) is 0 Å². The van der Waals surface area contributed by atoms with Crippen LogP contribution in [0, 0.1) is 0 Å². The Kier molecular flexibility index (Phi) is 6.77. The van der Waals surface area contributed by atoms with Crippen LogP contribution < -0.4 is 15.5 Å². The van der Waals surface area contributed by atoms with Crippen molar-refractivity contribution in [1.82, 2.24) is 25.7 Å². The fourth-order valence-electron chi connectivity index (χ4n) is 5.54. The molecule has 210 valence electrons. The first-order valence-corrected chi connectivity index (χ1v) is 13.8. The van der Waals surface area contributed by atoms with Crippen LogP contribution in [0.2, 0.25) is 0 Å². The summed E-state index contributed by atoms with van der Waals surface area (Å²) in [7, 11) is 0. The highest BCUT2D eigenvalue weighted by molar-refractivity contribution is 5.98. The molecule has 2 aliphatic carbocycles. The van der Waals surface area contributed by atoms with Crippen molar-refractivity contribution in [3.8, 4) is 11.5 Å². The number of ether oxygens (including phenoxy) is 1. The van der Waals surface area contributed by atoms with Crippen LogP contribution in [0.3, 0.4) is 0 Å². The van der Waals surface area contributed by atoms with Gasteiger partial charge in [0.15, 0.2) is 5.82 Å². The van der Waals surface area contributed by atoms with Gasteiger partial charge in [0.2, 0.25) is 24.1 Å². The van der Waals surface area contributed by atoms with Gasteiger partial charge in [0.25, 0.3) is 0 Å². The van der Waals surface area contributed by atoms with Crippen LogP contribution in [0.15, 0.2) is 35.1 Å². The van der Waals surface area contributed by atoms with Crippen LogP contribution in [0.4, 0.5) is 16.3 Å². The van der Waals surface area contributed by atoms with Crippen molar-refractivity contribution >= 4 is 29.4 Å². The average molecular weight is 548 g/mol. The molecule has 1 saturated heterocycles. The number of carbonyl (C=O) groups is 3. The molecule has 1 unspecified atom stereocenters. The molecular formula is C28H33N7O5. The summed E-state index contributed by atoms with van der Waals surface area (Å²) >= 11 is 0. The number of benzene rings is 1. The second kappa shape index (κ2) is 10.4. The molecular weight excluding hydrogens is 514 g/mol. The zero-order valence-electron chi connectivity index (χ0n) is 22.6. The van der Waals surface area contributed by atoms with Gasteiger partial charge in [-0.2, -0.15) is 5.10 Å². The van der Waals surface area contributed by atoms with Crippen LogP contribution >= 0.6 is 0 Å². The lowest BCUT2D eigenvalue weighted by Gasteiger charge is -2.20. The highest BCUT2D eigenvalue weighted by Gasteiger charge is 2.40. The molecule has 1 aromatic carbocycles. The highest BCUT2D eigenvalue weighted by Crippen LogP contribution is 2.38. The normalized spacial score (nSPS) is 22.2. The van der Waals surface area contributed by atoms with E-state index in [1.807, 2.05) is 31.2 Å². The summed E-state index contributed by atoms with van der Waals surface area (Å²) in [6.07, 6.45) is 6.39. The van der Waals surface area contributed by atoms with Crippen LogP contribution in [0.25, 0.3) is 11.5 Å². The number of nitrogens with zero attached hydrogens (tertiary/aromatic N) is 4. The maximum absolute atomic E-state index is 13.3. The van der Waals surface area contributed by atoms with E-state index in [0.29, 0.717) is 36.3 Å². The molecule has 3 amide bonds. The molecule has 3 aliphatic rings. The summed E-state index contributed by atoms with van der Waals surface area (Å²) in [5.41, 5.74) is 2.83. The van der Waals surface area contributed by atoms with Gasteiger partial charge >= 0.3 is 6.09 Å². The van der Waals surface area contributed by atoms with Gasteiger partial charge in [-0.1, -0.05) is 6.07 Å². The Hall–Kier alpha value is -4.22. The topological polar surface area (TPSA) is 155 Å². The van der Waals surface area contributed by atoms with Crippen molar-refractivity contribution in [2.24, 2.45) is 0 Å². The van der Waals surface area contributed by atoms with Crippen molar-refractivity contribution in [2.75, 3.05) is 16.8 Å². The maximum Gasteiger partial charge on any atom is 0.407 e. The molecule has 0 radical (unpaired) electrons. The summed E-state index contributed by atoms with van der Waals surface area (Å²) in [4.78, 5) is 39.5. The summed E-state index contributed by atoms with van der Waals surface area (Å²) < 4.78 is 11.1. The smallest absolute Gasteiger partial charge is 0.407 e. The van der Waals surface area contributed by atoms with E-state index in [2.05, 4.69) is 31.0 Å². The van der Waals surface area contributed by atoms with E-state index in [0.717, 1.165) is 43.5 Å². The molecule has 3 fully saturated rings. The third kappa shape index (κ3) is 5.43. The van der Waals surface area contributed by atoms with E-state index in [4.69, 9.17) is 9.15 Å². The van der Waals surface area contributed by atoms with E-state index in [9.17, 15) is 14.4 Å². The minimum Gasteiger partial charge on any atom is -0.446 e. The van der Waals surface area contributed by atoms with Crippen LogP contribution in [0.1, 0.15) is 81.9 Å². The highest BCUT2D eigenvalue weighted by atomic mass is 16.6. The number of aromatic nitrogens is 4. The molecule has 2 aromatic heterocycles. The molecule has 12 nitrogen and oxygen atoms in total. The van der Waals surface area contributed by atoms with Gasteiger partial charge in [-0.25, -0.2) is 4.79 Å². The van der Waals surface area contributed by atoms with Gasteiger partial charge in [-0.3, -0.25) is 14.7 Å². The minimum absolute atomic E-state index is 0.0698. The summed E-state index contributed by atoms with van der Waals surface area (Å²) in [6.45, 7) is 4.47. The van der Waals surface area contributed by atoms with Crippen LogP contribution in [0.5, 0.6) is 0 Å². The Morgan fingerprint density at radius 3 is 2.83 bits per heavy atom. The molecule has 1 aliphatic heterocycles. The third-order valence-corrected chi connectivity index (χ3v) is 8.22. The first kappa shape index (κ1) is 26.0. The van der Waals surface area contributed by atoms with Crippen LogP contribution in [-0.2, 0) is 14.3 Å². The Labute approximate surface area is 231 Å². The summed E-state index contributed by atoms with van der Waals surface area (Å²) in [6, 6.07) is 7.34. The van der Waals surface area contributed by atoms with Crippen LogP contribution in [-0.4, -0.2) is 56.5 Å². The molecule has 40 heavy (non-hydrogen) atoms. The van der Waals surface area contributed by atoms with Crippen molar-refractivity contribution in [2.45, 2.75) is 82.3 Å². The number of H-pyrrole nitrogens is 1. The fraction of sp³-hybridized carbons (Fsp3) is 0.500. The number of amides is 3. The zero-order chi connectivity index (χ0) is 27.9. The number of aromatic amines is 1. The van der Waals surface area contributed by atoms with Gasteiger partial charge in [-0.15, -0.1) is 10.2 Å². The zero-order valence-corrected chi connectivity index (χ0v) is 22.6. The number of anilines is 2. The fourth-order valence-corrected chi connectivity index (χ4v) is 5.54. The molecule has 0 bridgehead atoms. The quantitative estimate of drug-likeness (QED) is 0.378. The lowest BCUT2D eigenvalue weighted by molar-refractivity contribution is -0.118. The predicted octanol–water partition coefficient (Wildman–Crippen LogP) is 4.24. The Morgan fingerprint density at radius 2 is 2.10 bits per heavy atom. The number of carbonyl (C=O) groups excluding carboxylic acids is 3. The first-order valence-electron chi connectivity index (χ1n) is 13.8. The molecule has 3 aromatic rings. The standard InChI is InChI=1S/C28H33N7O5/c1-16(20-8-6-18(35-11-3-4-24(35)36)13-21(20)26-34-29-15-39-26)25(37)30-23-14-22(32-33-23)17-5-7-19(12-17)40-27(38)31-28(2)9-10-28/h6,8,13-17,19H,3-5,7,9-12H2,1-2H3,(H,31,38)(H2,30,32,33,37)/t16?,17-,19-/m0/s1.